The van der Waals surface area contributed by atoms with Crippen molar-refractivity contribution in [2.45, 2.75) is 19.8 Å². The maximum Gasteiger partial charge on any atom is 0.162 e. The van der Waals surface area contributed by atoms with Crippen LogP contribution in [-0.2, 0) is 0 Å². The summed E-state index contributed by atoms with van der Waals surface area (Å²) in [6.07, 6.45) is 2.81. The van der Waals surface area contributed by atoms with E-state index in [9.17, 15) is 4.39 Å². The summed E-state index contributed by atoms with van der Waals surface area (Å²) in [4.78, 5) is 5.25. The van der Waals surface area contributed by atoms with E-state index >= 15 is 0 Å². The highest BCUT2D eigenvalue weighted by Crippen LogP contribution is 2.17. The van der Waals surface area contributed by atoms with Crippen molar-refractivity contribution < 1.29 is 4.39 Å². The average molecular weight is 207 g/mol. The average Bonchev–Trinajstić information content (AvgIpc) is 2.69. The van der Waals surface area contributed by atoms with Gasteiger partial charge in [-0.05, 0) is 11.1 Å². The van der Waals surface area contributed by atoms with Crippen LogP contribution < -0.4 is 0 Å². The summed E-state index contributed by atoms with van der Waals surface area (Å²) in [5.41, 5.74) is 0.910. The molecular formula is C9H10FN5. The molecule has 2 aromatic rings. The molecule has 0 saturated heterocycles. The van der Waals surface area contributed by atoms with Crippen molar-refractivity contribution in [3.05, 3.63) is 30.1 Å². The Bertz CT molecular complexity index is 452. The lowest BCUT2D eigenvalue weighted by molar-refractivity contribution is 0.578. The molecule has 0 fully saturated rings. The summed E-state index contributed by atoms with van der Waals surface area (Å²) < 4.78 is 13.5. The Morgan fingerprint density at radius 3 is 2.73 bits per heavy atom. The van der Waals surface area contributed by atoms with E-state index in [1.807, 2.05) is 13.8 Å². The van der Waals surface area contributed by atoms with Crippen molar-refractivity contribution >= 4 is 0 Å². The first-order valence-electron chi connectivity index (χ1n) is 4.57. The van der Waals surface area contributed by atoms with Crippen LogP contribution in [0.5, 0.6) is 0 Å². The summed E-state index contributed by atoms with van der Waals surface area (Å²) in [7, 11) is 0. The molecule has 5 nitrogen and oxygen atoms in total. The van der Waals surface area contributed by atoms with Gasteiger partial charge in [0.15, 0.2) is 6.33 Å². The number of pyridine rings is 1. The van der Waals surface area contributed by atoms with Crippen molar-refractivity contribution in [1.29, 1.82) is 0 Å². The first-order valence-corrected chi connectivity index (χ1v) is 4.57. The van der Waals surface area contributed by atoms with Crippen molar-refractivity contribution in [3.8, 4) is 5.69 Å². The number of halogens is 1. The fraction of sp³-hybridized carbons (Fsp3) is 0.333. The molecule has 0 spiro atoms. The van der Waals surface area contributed by atoms with Crippen LogP contribution in [0.2, 0.25) is 0 Å². The van der Waals surface area contributed by atoms with E-state index in [2.05, 4.69) is 20.4 Å². The standard InChI is InChI=1S/C9H10FN5/c1-6(2)9-8(10)3-7(4-11-9)15-13-5-12-14-15/h3-6H,1-2H3. The van der Waals surface area contributed by atoms with E-state index in [0.717, 1.165) is 0 Å². The first kappa shape index (κ1) is 9.70. The maximum atomic E-state index is 13.5. The fourth-order valence-electron chi connectivity index (χ4n) is 1.26. The predicted octanol–water partition coefficient (Wildman–Crippen LogP) is 1.32. The molecule has 0 N–H and O–H groups in total. The molecule has 2 heterocycles. The second kappa shape index (κ2) is 3.72. The van der Waals surface area contributed by atoms with Crippen LogP contribution in [0.4, 0.5) is 4.39 Å². The molecular weight excluding hydrogens is 197 g/mol. The second-order valence-corrected chi connectivity index (χ2v) is 3.44. The number of rotatable bonds is 2. The lowest BCUT2D eigenvalue weighted by atomic mass is 10.1. The highest BCUT2D eigenvalue weighted by atomic mass is 19.1. The van der Waals surface area contributed by atoms with Crippen molar-refractivity contribution in [2.24, 2.45) is 0 Å². The minimum absolute atomic E-state index is 0.0581. The lowest BCUT2D eigenvalue weighted by Crippen LogP contribution is -2.04. The van der Waals surface area contributed by atoms with Gasteiger partial charge < -0.3 is 0 Å². The van der Waals surface area contributed by atoms with Crippen molar-refractivity contribution in [3.63, 3.8) is 0 Å². The number of hydrogen-bond donors (Lipinski definition) is 0. The zero-order valence-electron chi connectivity index (χ0n) is 8.42. The summed E-state index contributed by atoms with van der Waals surface area (Å²) in [6, 6.07) is 1.35. The number of aromatic nitrogens is 5. The molecule has 0 amide bonds. The van der Waals surface area contributed by atoms with Gasteiger partial charge in [0, 0.05) is 6.07 Å². The van der Waals surface area contributed by atoms with Gasteiger partial charge in [-0.3, -0.25) is 4.98 Å². The van der Waals surface area contributed by atoms with E-state index in [4.69, 9.17) is 0 Å². The topological polar surface area (TPSA) is 56.5 Å². The van der Waals surface area contributed by atoms with Gasteiger partial charge in [0.05, 0.1) is 11.9 Å². The Labute approximate surface area is 86.0 Å². The highest BCUT2D eigenvalue weighted by Gasteiger charge is 2.10. The van der Waals surface area contributed by atoms with Crippen LogP contribution in [0, 0.1) is 5.82 Å². The lowest BCUT2D eigenvalue weighted by Gasteiger charge is -2.06. The van der Waals surface area contributed by atoms with Crippen LogP contribution in [0.15, 0.2) is 18.6 Å². The van der Waals surface area contributed by atoms with Gasteiger partial charge in [0.1, 0.15) is 11.5 Å². The van der Waals surface area contributed by atoms with Crippen LogP contribution in [0.25, 0.3) is 5.69 Å². The molecule has 0 radical (unpaired) electrons. The van der Waals surface area contributed by atoms with Gasteiger partial charge >= 0.3 is 0 Å². The molecule has 0 aromatic carbocycles. The molecule has 0 aliphatic rings. The van der Waals surface area contributed by atoms with Gasteiger partial charge in [0.2, 0.25) is 0 Å². The van der Waals surface area contributed by atoms with E-state index in [1.165, 1.54) is 23.4 Å². The molecule has 0 atom stereocenters. The smallest absolute Gasteiger partial charge is 0.162 e. The van der Waals surface area contributed by atoms with E-state index < -0.39 is 0 Å². The summed E-state index contributed by atoms with van der Waals surface area (Å²) in [6.45, 7) is 3.78. The van der Waals surface area contributed by atoms with E-state index in [1.54, 1.807) is 0 Å². The van der Waals surface area contributed by atoms with Gasteiger partial charge in [-0.2, -0.15) is 0 Å². The van der Waals surface area contributed by atoms with Crippen molar-refractivity contribution in [1.82, 2.24) is 25.2 Å². The summed E-state index contributed by atoms with van der Waals surface area (Å²) in [5, 5.41) is 11.0. The monoisotopic (exact) mass is 207 g/mol. The Hall–Kier alpha value is -1.85. The zero-order valence-corrected chi connectivity index (χ0v) is 8.42. The molecule has 0 unspecified atom stereocenters. The van der Waals surface area contributed by atoms with Gasteiger partial charge in [-0.25, -0.2) is 4.39 Å². The van der Waals surface area contributed by atoms with E-state index in [-0.39, 0.29) is 11.7 Å². The molecule has 6 heteroatoms. The zero-order chi connectivity index (χ0) is 10.8. The number of nitrogens with zero attached hydrogens (tertiary/aromatic N) is 5. The van der Waals surface area contributed by atoms with Crippen LogP contribution in [0.3, 0.4) is 0 Å². The first-order chi connectivity index (χ1) is 7.18. The van der Waals surface area contributed by atoms with Crippen LogP contribution in [-0.4, -0.2) is 25.2 Å². The molecule has 0 saturated carbocycles. The SMILES string of the molecule is CC(C)c1ncc(-n2ncnn2)cc1F. The maximum absolute atomic E-state index is 13.5. The normalized spacial score (nSPS) is 10.9. The summed E-state index contributed by atoms with van der Waals surface area (Å²) >= 11 is 0. The molecule has 0 aliphatic heterocycles. The Morgan fingerprint density at radius 2 is 2.20 bits per heavy atom. The Balaban J connectivity index is 2.42. The molecule has 2 aromatic heterocycles. The molecule has 78 valence electrons. The van der Waals surface area contributed by atoms with Gasteiger partial charge in [-0.15, -0.1) is 15.0 Å². The Morgan fingerprint density at radius 1 is 1.40 bits per heavy atom. The minimum atomic E-state index is -0.347. The van der Waals surface area contributed by atoms with Gasteiger partial charge in [0.25, 0.3) is 0 Å². The Kier molecular flexibility index (Phi) is 2.40. The second-order valence-electron chi connectivity index (χ2n) is 3.44. The quantitative estimate of drug-likeness (QED) is 0.745. The van der Waals surface area contributed by atoms with Gasteiger partial charge in [-0.1, -0.05) is 13.8 Å². The predicted molar refractivity (Wildman–Crippen MR) is 51.0 cm³/mol. The largest absolute Gasteiger partial charge is 0.256 e. The number of hydrogen-bond acceptors (Lipinski definition) is 4. The highest BCUT2D eigenvalue weighted by molar-refractivity contribution is 5.28. The van der Waals surface area contributed by atoms with Crippen LogP contribution >= 0.6 is 0 Å². The molecule has 0 bridgehead atoms. The third-order valence-corrected chi connectivity index (χ3v) is 1.98. The van der Waals surface area contributed by atoms with Crippen LogP contribution in [0.1, 0.15) is 25.5 Å². The number of tetrazole rings is 1. The molecule has 15 heavy (non-hydrogen) atoms. The third kappa shape index (κ3) is 1.83. The van der Waals surface area contributed by atoms with Crippen molar-refractivity contribution in [2.75, 3.05) is 0 Å². The summed E-state index contributed by atoms with van der Waals surface area (Å²) in [5.74, 6) is -0.289. The molecule has 0 aliphatic carbocycles. The minimum Gasteiger partial charge on any atom is -0.256 e. The van der Waals surface area contributed by atoms with E-state index in [0.29, 0.717) is 11.4 Å². The molecule has 2 rings (SSSR count). The fourth-order valence-corrected chi connectivity index (χ4v) is 1.26. The third-order valence-electron chi connectivity index (χ3n) is 1.98.